The minimum atomic E-state index is -1.67. The zero-order chi connectivity index (χ0) is 21.0. The summed E-state index contributed by atoms with van der Waals surface area (Å²) in [5.74, 6) is -2.77. The number of nitrogens with zero attached hydrogens (tertiary/aromatic N) is 2. The minimum Gasteiger partial charge on any atom is -0.422 e. The van der Waals surface area contributed by atoms with Crippen LogP contribution in [0, 0.1) is 15.5 Å². The number of anilines is 1. The normalized spacial score (nSPS) is 21.9. The van der Waals surface area contributed by atoms with Crippen molar-refractivity contribution in [3.63, 3.8) is 0 Å². The van der Waals surface area contributed by atoms with E-state index in [2.05, 4.69) is 0 Å². The van der Waals surface area contributed by atoms with E-state index in [-0.39, 0.29) is 12.1 Å². The third kappa shape index (κ3) is 2.83. The number of carbonyl (C=O) groups excluding carboxylic acids is 2. The fourth-order valence-electron chi connectivity index (χ4n) is 4.28. The number of ether oxygens (including phenoxy) is 2. The van der Waals surface area contributed by atoms with Gasteiger partial charge in [0, 0.05) is 45.1 Å². The van der Waals surface area contributed by atoms with Crippen molar-refractivity contribution < 1.29 is 24.0 Å². The van der Waals surface area contributed by atoms with Crippen molar-refractivity contribution in [3.05, 3.63) is 69.8 Å². The first-order valence-electron chi connectivity index (χ1n) is 9.18. The Labute approximate surface area is 167 Å². The lowest BCUT2D eigenvalue weighted by molar-refractivity contribution is -0.384. The maximum atomic E-state index is 13.3. The fourth-order valence-corrected chi connectivity index (χ4v) is 4.28. The number of rotatable bonds is 2. The molecule has 29 heavy (non-hydrogen) atoms. The molecule has 2 heterocycles. The van der Waals surface area contributed by atoms with Crippen LogP contribution in [0.2, 0.25) is 0 Å². The quantitative estimate of drug-likeness (QED) is 0.333. The monoisotopic (exact) mass is 396 g/mol. The number of fused-ring (bicyclic) bond motifs is 1. The molecule has 0 unspecified atom stereocenters. The summed E-state index contributed by atoms with van der Waals surface area (Å²) in [7, 11) is 1.75. The first-order chi connectivity index (χ1) is 13.7. The van der Waals surface area contributed by atoms with Gasteiger partial charge < -0.3 is 14.4 Å². The first kappa shape index (κ1) is 18.9. The number of benzene rings is 2. The SMILES string of the molecule is CN1c2ccc([N+](=O)[O-])cc2CC2(C(=O)OC(C)(C)OC2=O)[C@@H]1c1ccccc1. The lowest BCUT2D eigenvalue weighted by Gasteiger charge is -2.50. The van der Waals surface area contributed by atoms with Crippen LogP contribution >= 0.6 is 0 Å². The summed E-state index contributed by atoms with van der Waals surface area (Å²) in [6.45, 7) is 3.00. The summed E-state index contributed by atoms with van der Waals surface area (Å²) in [5, 5.41) is 11.2. The average molecular weight is 396 g/mol. The summed E-state index contributed by atoms with van der Waals surface area (Å²) in [6.07, 6.45) is -0.0539. The molecule has 4 rings (SSSR count). The topological polar surface area (TPSA) is 99.0 Å². The van der Waals surface area contributed by atoms with Crippen molar-refractivity contribution in [1.82, 2.24) is 0 Å². The van der Waals surface area contributed by atoms with Crippen molar-refractivity contribution in [2.75, 3.05) is 11.9 Å². The summed E-state index contributed by atoms with van der Waals surface area (Å²) >= 11 is 0. The van der Waals surface area contributed by atoms with Crippen molar-refractivity contribution in [2.24, 2.45) is 5.41 Å². The molecule has 8 heteroatoms. The zero-order valence-corrected chi connectivity index (χ0v) is 16.2. The zero-order valence-electron chi connectivity index (χ0n) is 16.2. The van der Waals surface area contributed by atoms with Gasteiger partial charge in [-0.15, -0.1) is 0 Å². The van der Waals surface area contributed by atoms with Crippen LogP contribution in [0.3, 0.4) is 0 Å². The van der Waals surface area contributed by atoms with Crippen molar-refractivity contribution in [3.8, 4) is 0 Å². The molecule has 0 amide bonds. The molecule has 0 saturated carbocycles. The molecule has 1 atom stereocenters. The Morgan fingerprint density at radius 2 is 1.69 bits per heavy atom. The molecule has 1 spiro atoms. The van der Waals surface area contributed by atoms with Crippen molar-refractivity contribution in [1.29, 1.82) is 0 Å². The highest BCUT2D eigenvalue weighted by atomic mass is 16.7. The molecule has 2 aliphatic heterocycles. The van der Waals surface area contributed by atoms with Crippen LogP contribution in [-0.4, -0.2) is 29.7 Å². The Morgan fingerprint density at radius 1 is 1.07 bits per heavy atom. The molecule has 2 aliphatic rings. The average Bonchev–Trinajstić information content (AvgIpc) is 2.66. The lowest BCUT2D eigenvalue weighted by Crippen LogP contribution is -2.61. The van der Waals surface area contributed by atoms with Crippen LogP contribution in [0.25, 0.3) is 0 Å². The molecular weight excluding hydrogens is 376 g/mol. The smallest absolute Gasteiger partial charge is 0.329 e. The number of carbonyl (C=O) groups is 2. The number of nitro benzene ring substituents is 1. The molecule has 0 aromatic heterocycles. The Balaban J connectivity index is 1.94. The highest BCUT2D eigenvalue weighted by molar-refractivity contribution is 6.04. The third-order valence-electron chi connectivity index (χ3n) is 5.50. The van der Waals surface area contributed by atoms with Gasteiger partial charge in [0.25, 0.3) is 11.5 Å². The van der Waals surface area contributed by atoms with Gasteiger partial charge in [0.1, 0.15) is 0 Å². The van der Waals surface area contributed by atoms with E-state index in [0.29, 0.717) is 11.3 Å². The van der Waals surface area contributed by atoms with Crippen LogP contribution in [-0.2, 0) is 25.5 Å². The van der Waals surface area contributed by atoms with Crippen LogP contribution < -0.4 is 4.90 Å². The lowest BCUT2D eigenvalue weighted by atomic mass is 9.68. The van der Waals surface area contributed by atoms with E-state index in [4.69, 9.17) is 9.47 Å². The molecule has 1 fully saturated rings. The van der Waals surface area contributed by atoms with Gasteiger partial charge in [-0.25, -0.2) is 0 Å². The predicted molar refractivity (Wildman–Crippen MR) is 103 cm³/mol. The molecule has 8 nitrogen and oxygen atoms in total. The van der Waals surface area contributed by atoms with Crippen LogP contribution in [0.4, 0.5) is 11.4 Å². The number of hydrogen-bond donors (Lipinski definition) is 0. The molecule has 2 aromatic carbocycles. The molecule has 0 bridgehead atoms. The summed E-state index contributed by atoms with van der Waals surface area (Å²) in [4.78, 5) is 39.1. The van der Waals surface area contributed by atoms with Crippen LogP contribution in [0.1, 0.15) is 31.0 Å². The van der Waals surface area contributed by atoms with Gasteiger partial charge in [-0.1, -0.05) is 30.3 Å². The van der Waals surface area contributed by atoms with E-state index in [0.717, 1.165) is 5.56 Å². The van der Waals surface area contributed by atoms with E-state index in [9.17, 15) is 19.7 Å². The van der Waals surface area contributed by atoms with Crippen LogP contribution in [0.5, 0.6) is 0 Å². The molecule has 2 aromatic rings. The summed E-state index contributed by atoms with van der Waals surface area (Å²) in [6, 6.07) is 12.9. The number of nitro groups is 1. The van der Waals surface area contributed by atoms with Gasteiger partial charge in [-0.3, -0.25) is 19.7 Å². The Morgan fingerprint density at radius 3 is 2.28 bits per heavy atom. The van der Waals surface area contributed by atoms with E-state index < -0.39 is 34.1 Å². The van der Waals surface area contributed by atoms with Gasteiger partial charge in [0.05, 0.1) is 11.0 Å². The number of hydrogen-bond acceptors (Lipinski definition) is 7. The molecule has 150 valence electrons. The maximum Gasteiger partial charge on any atom is 0.329 e. The van der Waals surface area contributed by atoms with Gasteiger partial charge in [-0.05, 0) is 17.2 Å². The Kier molecular flexibility index (Phi) is 4.11. The first-order valence-corrected chi connectivity index (χ1v) is 9.18. The van der Waals surface area contributed by atoms with Crippen molar-refractivity contribution >= 4 is 23.3 Å². The molecular formula is C21H20N2O6. The maximum absolute atomic E-state index is 13.3. The highest BCUT2D eigenvalue weighted by Gasteiger charge is 2.64. The van der Waals surface area contributed by atoms with E-state index in [1.165, 1.54) is 26.0 Å². The molecule has 0 aliphatic carbocycles. The number of non-ortho nitro benzene ring substituents is 1. The standard InChI is InChI=1S/C21H20N2O6/c1-20(2)28-18(24)21(19(25)29-20)12-14-11-15(23(26)27)9-10-16(14)22(3)17(21)13-7-5-4-6-8-13/h4-11,17H,12H2,1-3H3/t17-/m0/s1. The molecule has 1 saturated heterocycles. The van der Waals surface area contributed by atoms with Gasteiger partial charge >= 0.3 is 11.9 Å². The summed E-state index contributed by atoms with van der Waals surface area (Å²) in [5.41, 5.74) is 0.187. The molecule has 0 radical (unpaired) electrons. The number of cyclic esters (lactones) is 2. The predicted octanol–water partition coefficient (Wildman–Crippen LogP) is 3.15. The van der Waals surface area contributed by atoms with Gasteiger partial charge in [0.15, 0.2) is 5.41 Å². The van der Waals surface area contributed by atoms with Crippen LogP contribution in [0.15, 0.2) is 48.5 Å². The van der Waals surface area contributed by atoms with Crippen molar-refractivity contribution in [2.45, 2.75) is 32.1 Å². The van der Waals surface area contributed by atoms with E-state index in [1.807, 2.05) is 30.3 Å². The minimum absolute atomic E-state index is 0.0539. The molecule has 0 N–H and O–H groups in total. The van der Waals surface area contributed by atoms with Gasteiger partial charge in [0.2, 0.25) is 0 Å². The number of esters is 2. The fraction of sp³-hybridized carbons (Fsp3) is 0.333. The second-order valence-corrected chi connectivity index (χ2v) is 7.82. The van der Waals surface area contributed by atoms with E-state index >= 15 is 0 Å². The Bertz CT molecular complexity index is 997. The Hall–Kier alpha value is -3.42. The van der Waals surface area contributed by atoms with E-state index in [1.54, 1.807) is 18.0 Å². The summed E-state index contributed by atoms with van der Waals surface area (Å²) < 4.78 is 11.0. The highest BCUT2D eigenvalue weighted by Crippen LogP contribution is 2.53. The third-order valence-corrected chi connectivity index (χ3v) is 5.50. The van der Waals surface area contributed by atoms with Gasteiger partial charge in [-0.2, -0.15) is 0 Å². The second-order valence-electron chi connectivity index (χ2n) is 7.82. The largest absolute Gasteiger partial charge is 0.422 e. The second kappa shape index (κ2) is 6.30.